The number of thiazole rings is 2. The Labute approximate surface area is 346 Å². The number of rotatable bonds is 19. The number of benzene rings is 2. The summed E-state index contributed by atoms with van der Waals surface area (Å²) < 4.78 is 11.1. The van der Waals surface area contributed by atoms with E-state index in [9.17, 15) is 14.4 Å². The molecule has 14 heteroatoms. The van der Waals surface area contributed by atoms with Crippen LogP contribution >= 0.6 is 22.7 Å². The van der Waals surface area contributed by atoms with E-state index in [2.05, 4.69) is 58.5 Å². The van der Waals surface area contributed by atoms with Crippen molar-refractivity contribution in [2.24, 2.45) is 0 Å². The van der Waals surface area contributed by atoms with Crippen LogP contribution in [0.25, 0.3) is 0 Å². The van der Waals surface area contributed by atoms with E-state index in [0.717, 1.165) is 39.8 Å². The van der Waals surface area contributed by atoms with E-state index >= 15 is 0 Å². The van der Waals surface area contributed by atoms with Crippen LogP contribution in [0.5, 0.6) is 0 Å². The number of nitrogens with one attached hydrogen (secondary N) is 3. The first-order valence-electron chi connectivity index (χ1n) is 20.1. The lowest BCUT2D eigenvalue weighted by atomic mass is 9.95. The van der Waals surface area contributed by atoms with Crippen LogP contribution in [0.15, 0.2) is 77.8 Å². The number of morpholine rings is 1. The van der Waals surface area contributed by atoms with Crippen LogP contribution in [-0.4, -0.2) is 95.8 Å². The zero-order valence-corrected chi connectivity index (χ0v) is 35.8. The van der Waals surface area contributed by atoms with Gasteiger partial charge in [-0.2, -0.15) is 0 Å². The van der Waals surface area contributed by atoms with Crippen LogP contribution < -0.4 is 16.0 Å². The highest BCUT2D eigenvalue weighted by atomic mass is 32.1. The Balaban J connectivity index is 0.00000232. The Bertz CT molecular complexity index is 1720. The van der Waals surface area contributed by atoms with Gasteiger partial charge in [0.05, 0.1) is 40.8 Å². The van der Waals surface area contributed by atoms with E-state index in [1.165, 1.54) is 17.8 Å². The molecule has 1 saturated heterocycles. The second-order valence-corrected chi connectivity index (χ2v) is 16.5. The summed E-state index contributed by atoms with van der Waals surface area (Å²) in [6.45, 7) is 12.4. The Morgan fingerprint density at radius 1 is 0.877 bits per heavy atom. The maximum absolute atomic E-state index is 14.2. The molecule has 3 unspecified atom stereocenters. The molecule has 3 atom stereocenters. The summed E-state index contributed by atoms with van der Waals surface area (Å²) in [7, 11) is 1.72. The normalized spacial score (nSPS) is 14.4. The Hall–Kier alpha value is -4.37. The van der Waals surface area contributed by atoms with Crippen LogP contribution in [0.2, 0.25) is 0 Å². The molecular formula is C43H61N7O5S2. The van der Waals surface area contributed by atoms with Crippen molar-refractivity contribution >= 4 is 40.7 Å². The highest BCUT2D eigenvalue weighted by molar-refractivity contribution is 7.09. The average molecular weight is 820 g/mol. The van der Waals surface area contributed by atoms with Gasteiger partial charge >= 0.3 is 12.1 Å². The molecule has 1 fully saturated rings. The molecule has 3 N–H and O–H groups in total. The van der Waals surface area contributed by atoms with Crippen molar-refractivity contribution in [3.8, 4) is 0 Å². The van der Waals surface area contributed by atoms with Gasteiger partial charge in [-0.15, -0.1) is 22.7 Å². The fourth-order valence-electron chi connectivity index (χ4n) is 6.25. The lowest BCUT2D eigenvalue weighted by molar-refractivity contribution is -0.124. The van der Waals surface area contributed by atoms with Gasteiger partial charge in [0.25, 0.3) is 0 Å². The second kappa shape index (κ2) is 25.1. The molecule has 2 aromatic heterocycles. The Kier molecular flexibility index (Phi) is 20.0. The number of carbonyl (C=O) groups is 3. The molecule has 2 aromatic carbocycles. The van der Waals surface area contributed by atoms with Gasteiger partial charge < -0.3 is 30.3 Å². The van der Waals surface area contributed by atoms with Crippen molar-refractivity contribution in [1.29, 1.82) is 0 Å². The van der Waals surface area contributed by atoms with Gasteiger partial charge in [0.2, 0.25) is 5.91 Å². The summed E-state index contributed by atoms with van der Waals surface area (Å²) in [6.07, 6.45) is 5.25. The molecular weight excluding hydrogens is 759 g/mol. The number of nitrogens with zero attached hydrogens (tertiary/aromatic N) is 4. The number of alkyl carbamates (subject to hydrolysis) is 1. The molecule has 12 nitrogen and oxygen atoms in total. The Morgan fingerprint density at radius 3 is 2.05 bits per heavy atom. The van der Waals surface area contributed by atoms with E-state index < -0.39 is 12.1 Å². The largest absolute Gasteiger partial charge is 0.444 e. The molecule has 1 aliphatic heterocycles. The van der Waals surface area contributed by atoms with Crippen LogP contribution in [0.3, 0.4) is 0 Å². The van der Waals surface area contributed by atoms with Crippen LogP contribution in [0, 0.1) is 0 Å². The number of amides is 4. The van der Waals surface area contributed by atoms with E-state index in [-0.39, 0.29) is 30.6 Å². The standard InChI is InChI=1S/C40H53N7O5S2.C3H8/c1-29(2)38-43-34(27-53-38)25-46(3)39(49)45-36(16-17-47-18-20-51-21-19-47)37(48)42-32(22-30-10-6-4-7-11-30)14-15-33(23-31-12-8-5-9-13-31)44-40(50)52-26-35-24-41-28-54-35;1-3-2/h4-13,24,27-29,32-33,36H,14-23,25-26H2,1-3H3,(H,42,48)(H,44,50)(H,45,49);3H2,1-2H3. The zero-order chi connectivity index (χ0) is 40.8. The first-order valence-corrected chi connectivity index (χ1v) is 21.8. The van der Waals surface area contributed by atoms with Gasteiger partial charge in [-0.05, 0) is 43.2 Å². The van der Waals surface area contributed by atoms with Gasteiger partial charge in [-0.3, -0.25) is 14.7 Å². The van der Waals surface area contributed by atoms with E-state index in [4.69, 9.17) is 9.47 Å². The minimum Gasteiger partial charge on any atom is -0.444 e. The number of ether oxygens (including phenoxy) is 2. The molecule has 310 valence electrons. The van der Waals surface area contributed by atoms with E-state index in [0.29, 0.717) is 64.3 Å². The summed E-state index contributed by atoms with van der Waals surface area (Å²) in [6, 6.07) is 18.4. The van der Waals surface area contributed by atoms with Crippen LogP contribution in [-0.2, 0) is 40.3 Å². The number of aromatic nitrogens is 2. The Morgan fingerprint density at radius 2 is 1.49 bits per heavy atom. The van der Waals surface area contributed by atoms with E-state index in [1.807, 2.05) is 66.0 Å². The molecule has 4 aromatic rings. The molecule has 4 amide bonds. The smallest absolute Gasteiger partial charge is 0.407 e. The van der Waals surface area contributed by atoms with Gasteiger partial charge in [0.1, 0.15) is 12.6 Å². The molecule has 0 spiro atoms. The van der Waals surface area contributed by atoms with Crippen molar-refractivity contribution in [2.45, 2.75) is 103 Å². The van der Waals surface area contributed by atoms with Crippen molar-refractivity contribution < 1.29 is 23.9 Å². The van der Waals surface area contributed by atoms with Crippen molar-refractivity contribution in [2.75, 3.05) is 39.9 Å². The third-order valence-corrected chi connectivity index (χ3v) is 11.2. The monoisotopic (exact) mass is 819 g/mol. The first kappa shape index (κ1) is 45.3. The maximum atomic E-state index is 14.2. The summed E-state index contributed by atoms with van der Waals surface area (Å²) in [5.74, 6) is 0.0746. The van der Waals surface area contributed by atoms with Gasteiger partial charge in [0, 0.05) is 56.3 Å². The third kappa shape index (κ3) is 16.9. The second-order valence-electron chi connectivity index (χ2n) is 14.7. The SMILES string of the molecule is CC(C)c1nc(CN(C)C(=O)NC(CCN2CCOCC2)C(=O)NC(CCC(Cc2ccccc2)NC(=O)OCc2cncs2)Cc2ccccc2)cs1.CCC. The number of hydrogen-bond acceptors (Lipinski definition) is 10. The predicted octanol–water partition coefficient (Wildman–Crippen LogP) is 7.42. The number of carbonyl (C=O) groups excluding carboxylic acids is 3. The number of hydrogen-bond donors (Lipinski definition) is 3. The molecule has 1 aliphatic rings. The average Bonchev–Trinajstić information content (AvgIpc) is 3.92. The lowest BCUT2D eigenvalue weighted by Gasteiger charge is -2.30. The summed E-state index contributed by atoms with van der Waals surface area (Å²) in [5, 5.41) is 12.4. The minimum atomic E-state index is -0.761. The van der Waals surface area contributed by atoms with Gasteiger partial charge in [0.15, 0.2) is 0 Å². The topological polar surface area (TPSA) is 138 Å². The minimum absolute atomic E-state index is 0.150. The van der Waals surface area contributed by atoms with Crippen molar-refractivity contribution in [3.63, 3.8) is 0 Å². The molecule has 0 bridgehead atoms. The van der Waals surface area contributed by atoms with E-state index in [1.54, 1.807) is 35.0 Å². The maximum Gasteiger partial charge on any atom is 0.407 e. The third-order valence-electron chi connectivity index (χ3n) is 9.27. The molecule has 0 radical (unpaired) electrons. The zero-order valence-electron chi connectivity index (χ0n) is 34.2. The summed E-state index contributed by atoms with van der Waals surface area (Å²) in [5.41, 5.74) is 4.70. The fraction of sp³-hybridized carbons (Fsp3) is 0.512. The summed E-state index contributed by atoms with van der Waals surface area (Å²) in [4.78, 5) is 54.2. The molecule has 5 rings (SSSR count). The molecule has 3 heterocycles. The van der Waals surface area contributed by atoms with Crippen molar-refractivity contribution in [1.82, 2.24) is 35.7 Å². The van der Waals surface area contributed by atoms with Crippen LogP contribution in [0.1, 0.15) is 86.0 Å². The number of urea groups is 1. The predicted molar refractivity (Wildman–Crippen MR) is 229 cm³/mol. The van der Waals surface area contributed by atoms with Crippen LogP contribution in [0.4, 0.5) is 9.59 Å². The quantitative estimate of drug-likeness (QED) is 0.0890. The lowest BCUT2D eigenvalue weighted by Crippen LogP contribution is -2.54. The van der Waals surface area contributed by atoms with Gasteiger partial charge in [-0.1, -0.05) is 94.8 Å². The fourth-order valence-corrected chi connectivity index (χ4v) is 7.58. The van der Waals surface area contributed by atoms with Gasteiger partial charge in [-0.25, -0.2) is 14.6 Å². The highest BCUT2D eigenvalue weighted by Gasteiger charge is 2.27. The molecule has 0 saturated carbocycles. The first-order chi connectivity index (χ1) is 27.6. The van der Waals surface area contributed by atoms with Crippen molar-refractivity contribution in [3.05, 3.63) is 104 Å². The highest BCUT2D eigenvalue weighted by Crippen LogP contribution is 2.20. The molecule has 57 heavy (non-hydrogen) atoms. The molecule has 0 aliphatic carbocycles. The summed E-state index contributed by atoms with van der Waals surface area (Å²) >= 11 is 3.02.